The van der Waals surface area contributed by atoms with E-state index >= 15 is 0 Å². The molecule has 0 aliphatic carbocycles. The van der Waals surface area contributed by atoms with Gasteiger partial charge in [0, 0.05) is 6.54 Å². The number of amides is 1. The highest BCUT2D eigenvalue weighted by atomic mass is 35.5. The van der Waals surface area contributed by atoms with Gasteiger partial charge in [0.2, 0.25) is 0 Å². The van der Waals surface area contributed by atoms with Crippen molar-refractivity contribution in [2.45, 2.75) is 18.9 Å². The number of esters is 1. The third-order valence-electron chi connectivity index (χ3n) is 3.17. The minimum atomic E-state index is -0.535. The van der Waals surface area contributed by atoms with E-state index in [1.54, 1.807) is 18.2 Å². The van der Waals surface area contributed by atoms with Crippen molar-refractivity contribution in [3.8, 4) is 0 Å². The van der Waals surface area contributed by atoms with Crippen molar-refractivity contribution in [1.29, 1.82) is 0 Å². The standard InChI is InChI=1S/C13H13Cl2NO3/c1-19-13(18)10-6-3-7-16(10)12(17)8-4-2-5-9(14)11(8)15/h2,4-5,10H,3,6-7H2,1H3. The molecule has 2 rings (SSSR count). The van der Waals surface area contributed by atoms with Crippen LogP contribution in [0.2, 0.25) is 10.0 Å². The molecular weight excluding hydrogens is 289 g/mol. The van der Waals surface area contributed by atoms with E-state index in [0.717, 1.165) is 6.42 Å². The normalized spacial score (nSPS) is 18.5. The van der Waals surface area contributed by atoms with E-state index in [-0.39, 0.29) is 10.9 Å². The van der Waals surface area contributed by atoms with Gasteiger partial charge in [-0.05, 0) is 25.0 Å². The summed E-state index contributed by atoms with van der Waals surface area (Å²) in [6.07, 6.45) is 1.38. The van der Waals surface area contributed by atoms with Gasteiger partial charge in [-0.15, -0.1) is 0 Å². The molecule has 4 nitrogen and oxygen atoms in total. The highest BCUT2D eigenvalue weighted by molar-refractivity contribution is 6.43. The Labute approximate surface area is 121 Å². The van der Waals surface area contributed by atoms with Crippen LogP contribution in [-0.4, -0.2) is 36.5 Å². The number of carbonyl (C=O) groups excluding carboxylic acids is 2. The molecule has 0 radical (unpaired) electrons. The molecule has 19 heavy (non-hydrogen) atoms. The zero-order chi connectivity index (χ0) is 14.0. The Hall–Kier alpha value is -1.26. The van der Waals surface area contributed by atoms with Crippen LogP contribution < -0.4 is 0 Å². The second-order valence-corrected chi connectivity index (χ2v) is 5.07. The fourth-order valence-corrected chi connectivity index (χ4v) is 2.60. The molecule has 1 aliphatic heterocycles. The van der Waals surface area contributed by atoms with Crippen LogP contribution in [-0.2, 0) is 9.53 Å². The van der Waals surface area contributed by atoms with Gasteiger partial charge in [-0.25, -0.2) is 4.79 Å². The Morgan fingerprint density at radius 1 is 1.37 bits per heavy atom. The molecule has 1 aliphatic rings. The second-order valence-electron chi connectivity index (χ2n) is 4.28. The van der Waals surface area contributed by atoms with Crippen molar-refractivity contribution in [3.05, 3.63) is 33.8 Å². The highest BCUT2D eigenvalue weighted by Crippen LogP contribution is 2.29. The number of rotatable bonds is 2. The molecule has 0 aromatic heterocycles. The lowest BCUT2D eigenvalue weighted by Gasteiger charge is -2.23. The predicted octanol–water partition coefficient (Wildman–Crippen LogP) is 2.77. The lowest BCUT2D eigenvalue weighted by Crippen LogP contribution is -2.41. The zero-order valence-corrected chi connectivity index (χ0v) is 11.9. The first-order chi connectivity index (χ1) is 9.06. The van der Waals surface area contributed by atoms with Gasteiger partial charge in [0.1, 0.15) is 6.04 Å². The van der Waals surface area contributed by atoms with E-state index < -0.39 is 12.0 Å². The van der Waals surface area contributed by atoms with Gasteiger partial charge in [-0.2, -0.15) is 0 Å². The molecule has 1 amide bonds. The molecule has 6 heteroatoms. The van der Waals surface area contributed by atoms with Gasteiger partial charge in [0.15, 0.2) is 0 Å². The molecular formula is C13H13Cl2NO3. The third-order valence-corrected chi connectivity index (χ3v) is 3.99. The molecule has 1 atom stereocenters. The summed E-state index contributed by atoms with van der Waals surface area (Å²) in [7, 11) is 1.32. The Kier molecular flexibility index (Phi) is 4.32. The maximum Gasteiger partial charge on any atom is 0.328 e. The number of ether oxygens (including phenoxy) is 1. The van der Waals surface area contributed by atoms with Crippen molar-refractivity contribution < 1.29 is 14.3 Å². The van der Waals surface area contributed by atoms with Crippen LogP contribution in [0.25, 0.3) is 0 Å². The molecule has 0 saturated carbocycles. The second kappa shape index (κ2) is 5.80. The van der Waals surface area contributed by atoms with E-state index in [1.807, 2.05) is 0 Å². The fourth-order valence-electron chi connectivity index (χ4n) is 2.21. The molecule has 1 fully saturated rings. The number of nitrogens with zero attached hydrogens (tertiary/aromatic N) is 1. The number of likely N-dealkylation sites (tertiary alicyclic amines) is 1. The number of halogens is 2. The van der Waals surface area contributed by atoms with Crippen molar-refractivity contribution in [3.63, 3.8) is 0 Å². The topological polar surface area (TPSA) is 46.6 Å². The molecule has 0 spiro atoms. The maximum atomic E-state index is 12.4. The minimum absolute atomic E-state index is 0.213. The highest BCUT2D eigenvalue weighted by Gasteiger charge is 2.35. The smallest absolute Gasteiger partial charge is 0.328 e. The lowest BCUT2D eigenvalue weighted by atomic mass is 10.1. The largest absolute Gasteiger partial charge is 0.467 e. The maximum absolute atomic E-state index is 12.4. The summed E-state index contributed by atoms with van der Waals surface area (Å²) < 4.78 is 4.71. The number of hydrogen-bond acceptors (Lipinski definition) is 3. The van der Waals surface area contributed by atoms with Crippen molar-refractivity contribution in [2.75, 3.05) is 13.7 Å². The Balaban J connectivity index is 2.28. The first-order valence-electron chi connectivity index (χ1n) is 5.89. The summed E-state index contributed by atoms with van der Waals surface area (Å²) in [6.45, 7) is 0.515. The monoisotopic (exact) mass is 301 g/mol. The van der Waals surface area contributed by atoms with Crippen LogP contribution >= 0.6 is 23.2 Å². The van der Waals surface area contributed by atoms with Crippen LogP contribution in [0, 0.1) is 0 Å². The Morgan fingerprint density at radius 3 is 2.79 bits per heavy atom. The Morgan fingerprint density at radius 2 is 2.11 bits per heavy atom. The van der Waals surface area contributed by atoms with Crippen LogP contribution in [0.3, 0.4) is 0 Å². The SMILES string of the molecule is COC(=O)C1CCCN1C(=O)c1cccc(Cl)c1Cl. The van der Waals surface area contributed by atoms with Crippen molar-refractivity contribution >= 4 is 35.1 Å². The van der Waals surface area contributed by atoms with E-state index in [9.17, 15) is 9.59 Å². The van der Waals surface area contributed by atoms with Gasteiger partial charge in [-0.1, -0.05) is 29.3 Å². The van der Waals surface area contributed by atoms with E-state index in [4.69, 9.17) is 27.9 Å². The van der Waals surface area contributed by atoms with E-state index in [2.05, 4.69) is 0 Å². The molecule has 0 bridgehead atoms. The van der Waals surface area contributed by atoms with Gasteiger partial charge in [-0.3, -0.25) is 4.79 Å². The molecule has 1 aromatic carbocycles. The number of carbonyl (C=O) groups is 2. The molecule has 1 aromatic rings. The van der Waals surface area contributed by atoms with E-state index in [1.165, 1.54) is 12.0 Å². The van der Waals surface area contributed by atoms with Gasteiger partial charge < -0.3 is 9.64 Å². The van der Waals surface area contributed by atoms with Crippen molar-refractivity contribution in [1.82, 2.24) is 4.90 Å². The predicted molar refractivity (Wildman–Crippen MR) is 72.5 cm³/mol. The molecule has 102 valence electrons. The van der Waals surface area contributed by atoms with Gasteiger partial charge in [0.05, 0.1) is 22.7 Å². The summed E-state index contributed by atoms with van der Waals surface area (Å²) in [5.41, 5.74) is 0.310. The van der Waals surface area contributed by atoms with Crippen LogP contribution in [0.1, 0.15) is 23.2 Å². The van der Waals surface area contributed by atoms with E-state index in [0.29, 0.717) is 23.6 Å². The summed E-state index contributed by atoms with van der Waals surface area (Å²) in [5.74, 6) is -0.690. The van der Waals surface area contributed by atoms with Gasteiger partial charge >= 0.3 is 5.97 Å². The molecule has 0 N–H and O–H groups in total. The summed E-state index contributed by atoms with van der Waals surface area (Å²) in [6, 6.07) is 4.34. The quantitative estimate of drug-likeness (QED) is 0.789. The van der Waals surface area contributed by atoms with Gasteiger partial charge in [0.25, 0.3) is 5.91 Å². The lowest BCUT2D eigenvalue weighted by molar-refractivity contribution is -0.145. The molecule has 1 heterocycles. The first kappa shape index (κ1) is 14.2. The average Bonchev–Trinajstić information content (AvgIpc) is 2.89. The number of hydrogen-bond donors (Lipinski definition) is 0. The van der Waals surface area contributed by atoms with Crippen LogP contribution in [0.15, 0.2) is 18.2 Å². The summed E-state index contributed by atoms with van der Waals surface area (Å²) in [5, 5.41) is 0.533. The third kappa shape index (κ3) is 2.69. The first-order valence-corrected chi connectivity index (χ1v) is 6.64. The zero-order valence-electron chi connectivity index (χ0n) is 10.4. The molecule has 1 saturated heterocycles. The Bertz CT molecular complexity index is 519. The van der Waals surface area contributed by atoms with Crippen LogP contribution in [0.5, 0.6) is 0 Å². The molecule has 1 unspecified atom stereocenters. The number of benzene rings is 1. The fraction of sp³-hybridized carbons (Fsp3) is 0.385. The summed E-state index contributed by atoms with van der Waals surface area (Å²) in [4.78, 5) is 25.6. The minimum Gasteiger partial charge on any atom is -0.467 e. The number of methoxy groups -OCH3 is 1. The van der Waals surface area contributed by atoms with Crippen LogP contribution in [0.4, 0.5) is 0 Å². The van der Waals surface area contributed by atoms with Crippen molar-refractivity contribution in [2.24, 2.45) is 0 Å². The summed E-state index contributed by atoms with van der Waals surface area (Å²) >= 11 is 11.9. The average molecular weight is 302 g/mol.